The molecule has 100 valence electrons. The van der Waals surface area contributed by atoms with Crippen molar-refractivity contribution in [3.63, 3.8) is 0 Å². The number of nitrogens with two attached hydrogens (primary N) is 1. The van der Waals surface area contributed by atoms with Crippen LogP contribution in [-0.4, -0.2) is 0 Å². The van der Waals surface area contributed by atoms with Crippen LogP contribution in [0, 0.1) is 6.92 Å². The Bertz CT molecular complexity index is 551. The molecule has 3 heteroatoms. The molecule has 0 radical (unpaired) electrons. The van der Waals surface area contributed by atoms with E-state index >= 15 is 0 Å². The molecule has 0 aliphatic rings. The fourth-order valence-corrected chi connectivity index (χ4v) is 2.10. The summed E-state index contributed by atoms with van der Waals surface area (Å²) in [6.45, 7) is 4.05. The molecule has 2 rings (SSSR count). The average Bonchev–Trinajstić information content (AvgIpc) is 2.42. The Labute approximate surface area is 119 Å². The van der Waals surface area contributed by atoms with Crippen molar-refractivity contribution < 1.29 is 4.74 Å². The quantitative estimate of drug-likeness (QED) is 0.866. The summed E-state index contributed by atoms with van der Waals surface area (Å²) in [5, 5.41) is 0.717. The summed E-state index contributed by atoms with van der Waals surface area (Å²) in [6.07, 6.45) is 0.927. The van der Waals surface area contributed by atoms with Crippen LogP contribution in [-0.2, 0) is 0 Å². The van der Waals surface area contributed by atoms with E-state index in [0.717, 1.165) is 29.0 Å². The molecule has 0 saturated carbocycles. The Balaban J connectivity index is 2.15. The molecule has 0 fully saturated rings. The van der Waals surface area contributed by atoms with E-state index in [2.05, 4.69) is 6.92 Å². The van der Waals surface area contributed by atoms with Crippen molar-refractivity contribution in [2.45, 2.75) is 26.3 Å². The van der Waals surface area contributed by atoms with E-state index < -0.39 is 0 Å². The molecule has 0 aliphatic carbocycles. The first-order valence-corrected chi connectivity index (χ1v) is 6.77. The number of aryl methyl sites for hydroxylation is 1. The molecule has 1 atom stereocenters. The maximum absolute atomic E-state index is 5.98. The highest BCUT2D eigenvalue weighted by Crippen LogP contribution is 2.28. The van der Waals surface area contributed by atoms with Gasteiger partial charge in [0.2, 0.25) is 0 Å². The predicted octanol–water partition coefficient (Wildman–Crippen LogP) is 4.85. The van der Waals surface area contributed by atoms with Crippen LogP contribution in [0.5, 0.6) is 11.5 Å². The van der Waals surface area contributed by atoms with Gasteiger partial charge in [0.1, 0.15) is 11.5 Å². The van der Waals surface area contributed by atoms with Crippen molar-refractivity contribution in [1.29, 1.82) is 0 Å². The number of rotatable bonds is 4. The topological polar surface area (TPSA) is 35.2 Å². The summed E-state index contributed by atoms with van der Waals surface area (Å²) >= 11 is 5.92. The Hall–Kier alpha value is -1.51. The molecule has 0 spiro atoms. The van der Waals surface area contributed by atoms with E-state index in [0.29, 0.717) is 5.02 Å². The monoisotopic (exact) mass is 275 g/mol. The van der Waals surface area contributed by atoms with E-state index in [1.165, 1.54) is 0 Å². The lowest BCUT2D eigenvalue weighted by atomic mass is 10.1. The van der Waals surface area contributed by atoms with Gasteiger partial charge in [0.05, 0.1) is 0 Å². The van der Waals surface area contributed by atoms with Gasteiger partial charge in [-0.05, 0) is 54.8 Å². The Morgan fingerprint density at radius 2 is 1.84 bits per heavy atom. The SMILES string of the molecule is CC[C@@H](N)c1ccc(Oc2ccc(Cl)cc2C)cc1. The highest BCUT2D eigenvalue weighted by molar-refractivity contribution is 6.30. The molecule has 2 aromatic rings. The smallest absolute Gasteiger partial charge is 0.130 e. The lowest BCUT2D eigenvalue weighted by Gasteiger charge is -2.12. The van der Waals surface area contributed by atoms with Gasteiger partial charge in [-0.2, -0.15) is 0 Å². The highest BCUT2D eigenvalue weighted by atomic mass is 35.5. The summed E-state index contributed by atoms with van der Waals surface area (Å²) in [5.74, 6) is 1.62. The standard InChI is InChI=1S/C16H18ClNO/c1-3-15(18)12-4-7-14(8-5-12)19-16-9-6-13(17)10-11(16)2/h4-10,15H,3,18H2,1-2H3/t15-/m1/s1. The van der Waals surface area contributed by atoms with Gasteiger partial charge in [-0.25, -0.2) is 0 Å². The van der Waals surface area contributed by atoms with E-state index in [1.807, 2.05) is 49.4 Å². The van der Waals surface area contributed by atoms with Crippen molar-refractivity contribution >= 4 is 11.6 Å². The molecule has 0 bridgehead atoms. The average molecular weight is 276 g/mol. The molecule has 0 aromatic heterocycles. The Morgan fingerprint density at radius 1 is 1.16 bits per heavy atom. The lowest BCUT2D eigenvalue weighted by molar-refractivity contribution is 0.478. The predicted molar refractivity (Wildman–Crippen MR) is 79.9 cm³/mol. The fraction of sp³-hybridized carbons (Fsp3) is 0.250. The second-order valence-electron chi connectivity index (χ2n) is 4.60. The summed E-state index contributed by atoms with van der Waals surface area (Å²) < 4.78 is 5.83. The molecule has 0 amide bonds. The molecule has 2 aromatic carbocycles. The molecule has 2 nitrogen and oxygen atoms in total. The molecule has 0 unspecified atom stereocenters. The first kappa shape index (κ1) is 13.9. The number of hydrogen-bond acceptors (Lipinski definition) is 2. The second-order valence-corrected chi connectivity index (χ2v) is 5.03. The fourth-order valence-electron chi connectivity index (χ4n) is 1.87. The van der Waals surface area contributed by atoms with Gasteiger partial charge >= 0.3 is 0 Å². The maximum atomic E-state index is 5.98. The lowest BCUT2D eigenvalue weighted by Crippen LogP contribution is -2.08. The molecular weight excluding hydrogens is 258 g/mol. The van der Waals surface area contributed by atoms with Crippen LogP contribution in [0.25, 0.3) is 0 Å². The molecule has 0 heterocycles. The minimum atomic E-state index is 0.0892. The summed E-state index contributed by atoms with van der Waals surface area (Å²) in [7, 11) is 0. The van der Waals surface area contributed by atoms with Crippen molar-refractivity contribution in [1.82, 2.24) is 0 Å². The van der Waals surface area contributed by atoms with E-state index in [-0.39, 0.29) is 6.04 Å². The van der Waals surface area contributed by atoms with Gasteiger partial charge < -0.3 is 10.5 Å². The molecule has 19 heavy (non-hydrogen) atoms. The van der Waals surface area contributed by atoms with Crippen LogP contribution in [0.1, 0.15) is 30.5 Å². The van der Waals surface area contributed by atoms with E-state index in [4.69, 9.17) is 22.1 Å². The zero-order valence-electron chi connectivity index (χ0n) is 11.2. The van der Waals surface area contributed by atoms with Gasteiger partial charge in [0.15, 0.2) is 0 Å². The number of ether oxygens (including phenoxy) is 1. The first-order valence-electron chi connectivity index (χ1n) is 6.39. The third kappa shape index (κ3) is 3.49. The van der Waals surface area contributed by atoms with Crippen LogP contribution in [0.2, 0.25) is 5.02 Å². The van der Waals surface area contributed by atoms with Crippen LogP contribution >= 0.6 is 11.6 Å². The molecular formula is C16H18ClNO. The van der Waals surface area contributed by atoms with Crippen molar-refractivity contribution in [3.8, 4) is 11.5 Å². The summed E-state index contributed by atoms with van der Waals surface area (Å²) in [6, 6.07) is 13.6. The number of halogens is 1. The summed E-state index contributed by atoms with van der Waals surface area (Å²) in [5.41, 5.74) is 8.13. The second kappa shape index (κ2) is 6.09. The minimum Gasteiger partial charge on any atom is -0.457 e. The summed E-state index contributed by atoms with van der Waals surface area (Å²) in [4.78, 5) is 0. The Morgan fingerprint density at radius 3 is 2.42 bits per heavy atom. The van der Waals surface area contributed by atoms with Gasteiger partial charge in [0, 0.05) is 11.1 Å². The van der Waals surface area contributed by atoms with Crippen molar-refractivity contribution in [2.75, 3.05) is 0 Å². The van der Waals surface area contributed by atoms with Gasteiger partial charge in [-0.1, -0.05) is 30.7 Å². The third-order valence-electron chi connectivity index (χ3n) is 3.11. The largest absolute Gasteiger partial charge is 0.457 e. The zero-order chi connectivity index (χ0) is 13.8. The van der Waals surface area contributed by atoms with Crippen LogP contribution in [0.15, 0.2) is 42.5 Å². The van der Waals surface area contributed by atoms with E-state index in [1.54, 1.807) is 0 Å². The zero-order valence-corrected chi connectivity index (χ0v) is 11.9. The van der Waals surface area contributed by atoms with E-state index in [9.17, 15) is 0 Å². The van der Waals surface area contributed by atoms with Gasteiger partial charge in [-0.3, -0.25) is 0 Å². The first-order chi connectivity index (χ1) is 9.10. The van der Waals surface area contributed by atoms with Crippen LogP contribution in [0.3, 0.4) is 0 Å². The minimum absolute atomic E-state index is 0.0892. The van der Waals surface area contributed by atoms with Crippen molar-refractivity contribution in [3.05, 3.63) is 58.6 Å². The Kier molecular flexibility index (Phi) is 4.46. The van der Waals surface area contributed by atoms with Crippen LogP contribution in [0.4, 0.5) is 0 Å². The number of benzene rings is 2. The number of hydrogen-bond donors (Lipinski definition) is 1. The third-order valence-corrected chi connectivity index (χ3v) is 3.35. The molecule has 0 aliphatic heterocycles. The van der Waals surface area contributed by atoms with Gasteiger partial charge in [0.25, 0.3) is 0 Å². The molecule has 0 saturated heterocycles. The molecule has 2 N–H and O–H groups in total. The van der Waals surface area contributed by atoms with Crippen LogP contribution < -0.4 is 10.5 Å². The van der Waals surface area contributed by atoms with Crippen molar-refractivity contribution in [2.24, 2.45) is 5.73 Å². The maximum Gasteiger partial charge on any atom is 0.130 e. The van der Waals surface area contributed by atoms with Gasteiger partial charge in [-0.15, -0.1) is 0 Å². The normalized spacial score (nSPS) is 12.2. The highest BCUT2D eigenvalue weighted by Gasteiger charge is 2.05.